The van der Waals surface area contributed by atoms with Crippen LogP contribution in [0.25, 0.3) is 0 Å². The zero-order valence-corrected chi connectivity index (χ0v) is 10.2. The molecule has 1 saturated heterocycles. The Labute approximate surface area is 105 Å². The van der Waals surface area contributed by atoms with Crippen molar-refractivity contribution in [3.63, 3.8) is 0 Å². The van der Waals surface area contributed by atoms with E-state index in [9.17, 15) is 13.2 Å². The third kappa shape index (κ3) is 2.71. The minimum Gasteiger partial charge on any atom is -0.387 e. The number of nitrogens with two attached hydrogens (primary N) is 1. The van der Waals surface area contributed by atoms with E-state index in [2.05, 4.69) is 9.36 Å². The van der Waals surface area contributed by atoms with Gasteiger partial charge in [-0.3, -0.25) is 5.41 Å². The summed E-state index contributed by atoms with van der Waals surface area (Å²) in [6.45, 7) is 1.10. The largest absolute Gasteiger partial charge is 0.452 e. The van der Waals surface area contributed by atoms with Crippen LogP contribution in [0, 0.1) is 11.3 Å². The van der Waals surface area contributed by atoms with E-state index in [1.165, 1.54) is 0 Å². The maximum absolute atomic E-state index is 12.4. The topological polar surface area (TPSA) is 78.9 Å². The van der Waals surface area contributed by atoms with Crippen molar-refractivity contribution in [1.29, 1.82) is 5.41 Å². The Morgan fingerprint density at radius 1 is 1.39 bits per heavy atom. The summed E-state index contributed by atoms with van der Waals surface area (Å²) in [6.07, 6.45) is -3.17. The standard InChI is InChI=1S/C9H12F3N5S/c10-9(11,12)7-15-8(18-16-7)17-3-1-5(2-4-17)6(13)14/h5H,1-4H2,(H3,13,14). The first kappa shape index (κ1) is 13.1. The van der Waals surface area contributed by atoms with Gasteiger partial charge in [0.25, 0.3) is 0 Å². The quantitative estimate of drug-likeness (QED) is 0.638. The summed E-state index contributed by atoms with van der Waals surface area (Å²) < 4.78 is 40.4. The van der Waals surface area contributed by atoms with Gasteiger partial charge in [-0.15, -0.1) is 0 Å². The second-order valence-electron chi connectivity index (χ2n) is 4.11. The van der Waals surface area contributed by atoms with Crippen molar-refractivity contribution in [3.8, 4) is 0 Å². The van der Waals surface area contributed by atoms with Gasteiger partial charge in [-0.1, -0.05) is 0 Å². The maximum atomic E-state index is 12.4. The molecule has 2 heterocycles. The average Bonchev–Trinajstić information content (AvgIpc) is 2.78. The summed E-state index contributed by atoms with van der Waals surface area (Å²) in [5.74, 6) is -0.921. The van der Waals surface area contributed by atoms with Crippen molar-refractivity contribution in [1.82, 2.24) is 9.36 Å². The molecule has 3 N–H and O–H groups in total. The minimum atomic E-state index is -4.49. The summed E-state index contributed by atoms with van der Waals surface area (Å²) in [6, 6.07) is 0. The Morgan fingerprint density at radius 3 is 2.44 bits per heavy atom. The molecular weight excluding hydrogens is 267 g/mol. The number of hydrogen-bond acceptors (Lipinski definition) is 5. The van der Waals surface area contributed by atoms with Crippen LogP contribution >= 0.6 is 11.5 Å². The second kappa shape index (κ2) is 4.71. The SMILES string of the molecule is N=C(N)C1CCN(c2nc(C(F)(F)F)ns2)CC1. The van der Waals surface area contributed by atoms with Crippen molar-refractivity contribution in [3.05, 3.63) is 5.82 Å². The molecule has 1 aromatic heterocycles. The molecule has 0 radical (unpaired) electrons. The Kier molecular flexibility index (Phi) is 3.42. The van der Waals surface area contributed by atoms with Crippen LogP contribution in [-0.2, 0) is 6.18 Å². The van der Waals surface area contributed by atoms with Crippen LogP contribution in [0.15, 0.2) is 0 Å². The van der Waals surface area contributed by atoms with E-state index >= 15 is 0 Å². The van der Waals surface area contributed by atoms with Crippen LogP contribution in [0.1, 0.15) is 18.7 Å². The van der Waals surface area contributed by atoms with E-state index in [0.29, 0.717) is 25.9 Å². The number of nitrogens with zero attached hydrogens (tertiary/aromatic N) is 3. The monoisotopic (exact) mass is 279 g/mol. The Morgan fingerprint density at radius 2 is 2.00 bits per heavy atom. The van der Waals surface area contributed by atoms with Gasteiger partial charge in [-0.25, -0.2) is 0 Å². The summed E-state index contributed by atoms with van der Waals surface area (Å²) in [5, 5.41) is 7.61. The lowest BCUT2D eigenvalue weighted by molar-refractivity contribution is -0.144. The van der Waals surface area contributed by atoms with Gasteiger partial charge < -0.3 is 10.6 Å². The zero-order chi connectivity index (χ0) is 13.3. The van der Waals surface area contributed by atoms with Crippen molar-refractivity contribution in [2.75, 3.05) is 18.0 Å². The molecule has 2 rings (SSSR count). The fourth-order valence-corrected chi connectivity index (χ4v) is 2.58. The number of anilines is 1. The van der Waals surface area contributed by atoms with Gasteiger partial charge in [0, 0.05) is 30.5 Å². The molecule has 0 saturated carbocycles. The van der Waals surface area contributed by atoms with Gasteiger partial charge in [-0.2, -0.15) is 22.5 Å². The number of alkyl halides is 3. The van der Waals surface area contributed by atoms with Crippen molar-refractivity contribution in [2.24, 2.45) is 11.7 Å². The van der Waals surface area contributed by atoms with E-state index < -0.39 is 12.0 Å². The van der Waals surface area contributed by atoms with Crippen LogP contribution in [0.3, 0.4) is 0 Å². The predicted molar refractivity (Wildman–Crippen MR) is 61.8 cm³/mol. The fraction of sp³-hybridized carbons (Fsp3) is 0.667. The number of halogens is 3. The first-order valence-electron chi connectivity index (χ1n) is 5.37. The first-order valence-corrected chi connectivity index (χ1v) is 6.15. The minimum absolute atomic E-state index is 0.0243. The molecule has 5 nitrogen and oxygen atoms in total. The van der Waals surface area contributed by atoms with Gasteiger partial charge in [0.05, 0.1) is 5.84 Å². The Hall–Kier alpha value is -1.38. The number of piperidine rings is 1. The van der Waals surface area contributed by atoms with Crippen LogP contribution < -0.4 is 10.6 Å². The van der Waals surface area contributed by atoms with E-state index in [1.54, 1.807) is 4.90 Å². The lowest BCUT2D eigenvalue weighted by Crippen LogP contribution is -2.38. The van der Waals surface area contributed by atoms with Crippen LogP contribution in [0.5, 0.6) is 0 Å². The summed E-state index contributed by atoms with van der Waals surface area (Å²) in [7, 11) is 0. The van der Waals surface area contributed by atoms with Crippen LogP contribution in [0.2, 0.25) is 0 Å². The molecule has 100 valence electrons. The lowest BCUT2D eigenvalue weighted by atomic mass is 9.96. The molecule has 18 heavy (non-hydrogen) atoms. The smallest absolute Gasteiger partial charge is 0.387 e. The molecule has 1 aliphatic rings. The Balaban J connectivity index is 2.02. The van der Waals surface area contributed by atoms with Crippen LogP contribution in [0.4, 0.5) is 18.3 Å². The second-order valence-corrected chi connectivity index (χ2v) is 4.85. The molecule has 0 aromatic carbocycles. The predicted octanol–water partition coefficient (Wildman–Crippen LogP) is 1.71. The zero-order valence-electron chi connectivity index (χ0n) is 9.37. The van der Waals surface area contributed by atoms with Gasteiger partial charge >= 0.3 is 6.18 Å². The summed E-state index contributed by atoms with van der Waals surface area (Å²) in [4.78, 5) is 5.25. The average molecular weight is 279 g/mol. The molecule has 0 amide bonds. The first-order chi connectivity index (χ1) is 8.38. The van der Waals surface area contributed by atoms with Gasteiger partial charge in [-0.05, 0) is 12.8 Å². The molecule has 0 spiro atoms. The maximum Gasteiger partial charge on any atom is 0.452 e. The van der Waals surface area contributed by atoms with E-state index in [1.807, 2.05) is 0 Å². The molecular formula is C9H12F3N5S. The van der Waals surface area contributed by atoms with Crippen molar-refractivity contribution >= 4 is 22.5 Å². The number of nitrogens with one attached hydrogen (secondary N) is 1. The van der Waals surface area contributed by atoms with E-state index in [-0.39, 0.29) is 16.9 Å². The summed E-state index contributed by atoms with van der Waals surface area (Å²) >= 11 is 0.752. The molecule has 1 aromatic rings. The summed E-state index contributed by atoms with van der Waals surface area (Å²) in [5.41, 5.74) is 5.40. The third-order valence-electron chi connectivity index (χ3n) is 2.87. The molecule has 0 atom stereocenters. The highest BCUT2D eigenvalue weighted by atomic mass is 32.1. The van der Waals surface area contributed by atoms with Gasteiger partial charge in [0.15, 0.2) is 0 Å². The molecule has 1 aliphatic heterocycles. The number of rotatable bonds is 2. The Bertz CT molecular complexity index is 436. The highest BCUT2D eigenvalue weighted by molar-refractivity contribution is 7.09. The molecule has 9 heteroatoms. The van der Waals surface area contributed by atoms with Crippen LogP contribution in [-0.4, -0.2) is 28.3 Å². The number of amidine groups is 1. The fourth-order valence-electron chi connectivity index (χ4n) is 1.84. The molecule has 0 bridgehead atoms. The molecule has 0 aliphatic carbocycles. The highest BCUT2D eigenvalue weighted by Gasteiger charge is 2.37. The van der Waals surface area contributed by atoms with Gasteiger partial charge in [0.1, 0.15) is 0 Å². The van der Waals surface area contributed by atoms with E-state index in [4.69, 9.17) is 11.1 Å². The van der Waals surface area contributed by atoms with Crippen molar-refractivity contribution in [2.45, 2.75) is 19.0 Å². The molecule has 1 fully saturated rings. The highest BCUT2D eigenvalue weighted by Crippen LogP contribution is 2.31. The lowest BCUT2D eigenvalue weighted by Gasteiger charge is -2.30. The van der Waals surface area contributed by atoms with Gasteiger partial charge in [0.2, 0.25) is 11.0 Å². The van der Waals surface area contributed by atoms with E-state index in [0.717, 1.165) is 11.5 Å². The van der Waals surface area contributed by atoms with Crippen molar-refractivity contribution < 1.29 is 13.2 Å². The third-order valence-corrected chi connectivity index (χ3v) is 3.65. The number of aromatic nitrogens is 2. The number of hydrogen-bond donors (Lipinski definition) is 2. The molecule has 0 unspecified atom stereocenters. The normalized spacial score (nSPS) is 18.1.